The summed E-state index contributed by atoms with van der Waals surface area (Å²) in [5.41, 5.74) is 0.557. The van der Waals surface area contributed by atoms with Gasteiger partial charge in [-0.2, -0.15) is 0 Å². The van der Waals surface area contributed by atoms with Crippen LogP contribution in [-0.4, -0.2) is 16.7 Å². The summed E-state index contributed by atoms with van der Waals surface area (Å²) >= 11 is 0. The summed E-state index contributed by atoms with van der Waals surface area (Å²) in [7, 11) is 0. The molecule has 0 fully saturated rings. The van der Waals surface area contributed by atoms with Gasteiger partial charge in [-0.25, -0.2) is 4.98 Å². The topological polar surface area (TPSA) is 50.2 Å². The van der Waals surface area contributed by atoms with Crippen molar-refractivity contribution in [3.8, 4) is 0 Å². The molecular formula is C10H13NO2. The molecule has 70 valence electrons. The zero-order chi connectivity index (χ0) is 9.52. The van der Waals surface area contributed by atoms with E-state index in [0.717, 1.165) is 18.4 Å². The lowest BCUT2D eigenvalue weighted by Crippen LogP contribution is -2.08. The predicted molar refractivity (Wildman–Crippen MR) is 50.5 cm³/mol. The highest BCUT2D eigenvalue weighted by Gasteiger charge is 1.96. The van der Waals surface area contributed by atoms with E-state index in [1.54, 1.807) is 12.1 Å². The highest BCUT2D eigenvalue weighted by molar-refractivity contribution is 5.08. The van der Waals surface area contributed by atoms with Crippen molar-refractivity contribution in [1.82, 2.24) is 4.98 Å². The van der Waals surface area contributed by atoms with Crippen molar-refractivity contribution in [1.29, 1.82) is 0 Å². The minimum Gasteiger partial charge on any atom is -0.396 e. The van der Waals surface area contributed by atoms with E-state index in [9.17, 15) is 4.79 Å². The second kappa shape index (κ2) is 5.43. The average Bonchev–Trinajstić information content (AvgIpc) is 2.32. The third kappa shape index (κ3) is 3.34. The van der Waals surface area contributed by atoms with Crippen LogP contribution in [0.1, 0.15) is 18.4 Å². The molecule has 0 unspecified atom stereocenters. The molecule has 0 aliphatic carbocycles. The van der Waals surface area contributed by atoms with Gasteiger partial charge in [-0.05, 0) is 25.3 Å². The molecule has 0 aliphatic heterocycles. The Balaban J connectivity index is 2.67. The molecule has 0 saturated carbocycles. The highest BCUT2D eigenvalue weighted by atomic mass is 16.2. The third-order valence-electron chi connectivity index (χ3n) is 1.82. The maximum absolute atomic E-state index is 11.2. The molecule has 1 rings (SSSR count). The predicted octanol–water partition coefficient (Wildman–Crippen LogP) is 0.757. The molecule has 0 atom stereocenters. The maximum atomic E-state index is 11.2. The standard InChI is InChI=1S/C10H13NO2/c12-8-4-2-6-9-5-1-3-7-11-10(9)13/h1,3,5,7,12H,2,4,6,8H2. The van der Waals surface area contributed by atoms with Crippen LogP contribution in [0.2, 0.25) is 0 Å². The van der Waals surface area contributed by atoms with Crippen LogP contribution in [0.3, 0.4) is 0 Å². The molecule has 13 heavy (non-hydrogen) atoms. The average molecular weight is 179 g/mol. The van der Waals surface area contributed by atoms with Crippen LogP contribution in [0.25, 0.3) is 0 Å². The number of hydrogen-bond acceptors (Lipinski definition) is 3. The second-order valence-electron chi connectivity index (χ2n) is 2.84. The molecular weight excluding hydrogens is 166 g/mol. The van der Waals surface area contributed by atoms with Gasteiger partial charge in [-0.15, -0.1) is 0 Å². The minimum absolute atomic E-state index is 0.164. The van der Waals surface area contributed by atoms with Crippen molar-refractivity contribution in [2.45, 2.75) is 19.3 Å². The van der Waals surface area contributed by atoms with Gasteiger partial charge in [0.05, 0.1) is 0 Å². The van der Waals surface area contributed by atoms with E-state index in [1.165, 1.54) is 6.20 Å². The highest BCUT2D eigenvalue weighted by Crippen LogP contribution is 1.97. The lowest BCUT2D eigenvalue weighted by atomic mass is 10.1. The Labute approximate surface area is 77.1 Å². The van der Waals surface area contributed by atoms with Crippen molar-refractivity contribution in [2.24, 2.45) is 0 Å². The van der Waals surface area contributed by atoms with E-state index < -0.39 is 0 Å². The minimum atomic E-state index is -0.164. The van der Waals surface area contributed by atoms with Crippen molar-refractivity contribution in [3.63, 3.8) is 0 Å². The summed E-state index contributed by atoms with van der Waals surface area (Å²) in [5, 5.41) is 8.57. The first-order valence-electron chi connectivity index (χ1n) is 4.39. The van der Waals surface area contributed by atoms with Gasteiger partial charge in [0.1, 0.15) is 0 Å². The zero-order valence-electron chi connectivity index (χ0n) is 7.44. The lowest BCUT2D eigenvalue weighted by molar-refractivity contribution is 0.284. The molecule has 0 spiro atoms. The van der Waals surface area contributed by atoms with Gasteiger partial charge in [0.25, 0.3) is 5.56 Å². The molecule has 0 saturated heterocycles. The summed E-state index contributed by atoms with van der Waals surface area (Å²) in [6.07, 6.45) is 3.76. The van der Waals surface area contributed by atoms with Crippen LogP contribution >= 0.6 is 0 Å². The van der Waals surface area contributed by atoms with Gasteiger partial charge in [0.2, 0.25) is 0 Å². The molecule has 0 bridgehead atoms. The number of nitrogens with zero attached hydrogens (tertiary/aromatic N) is 1. The molecule has 1 aromatic heterocycles. The monoisotopic (exact) mass is 179 g/mol. The van der Waals surface area contributed by atoms with Crippen molar-refractivity contribution in [2.75, 3.05) is 6.61 Å². The van der Waals surface area contributed by atoms with Crippen LogP contribution in [-0.2, 0) is 6.42 Å². The van der Waals surface area contributed by atoms with Gasteiger partial charge in [0, 0.05) is 18.4 Å². The first-order chi connectivity index (χ1) is 6.34. The number of unbranched alkanes of at least 4 members (excludes halogenated alkanes) is 1. The van der Waals surface area contributed by atoms with E-state index in [2.05, 4.69) is 4.98 Å². The first-order valence-corrected chi connectivity index (χ1v) is 4.39. The van der Waals surface area contributed by atoms with Crippen molar-refractivity contribution >= 4 is 0 Å². The molecule has 0 radical (unpaired) electrons. The fraction of sp³-hybridized carbons (Fsp3) is 0.400. The largest absolute Gasteiger partial charge is 0.396 e. The summed E-state index contributed by atoms with van der Waals surface area (Å²) in [4.78, 5) is 14.9. The molecule has 0 aromatic carbocycles. The summed E-state index contributed by atoms with van der Waals surface area (Å²) < 4.78 is 0. The Morgan fingerprint density at radius 1 is 1.31 bits per heavy atom. The maximum Gasteiger partial charge on any atom is 0.272 e. The third-order valence-corrected chi connectivity index (χ3v) is 1.82. The van der Waals surface area contributed by atoms with Gasteiger partial charge in [0.15, 0.2) is 0 Å². The lowest BCUT2D eigenvalue weighted by Gasteiger charge is -1.94. The number of aliphatic hydroxyl groups is 1. The van der Waals surface area contributed by atoms with E-state index in [4.69, 9.17) is 5.11 Å². The normalized spacial score (nSPS) is 9.92. The van der Waals surface area contributed by atoms with Crippen LogP contribution in [0.4, 0.5) is 0 Å². The Morgan fingerprint density at radius 2 is 2.15 bits per heavy atom. The van der Waals surface area contributed by atoms with Crippen LogP contribution in [0.5, 0.6) is 0 Å². The van der Waals surface area contributed by atoms with Gasteiger partial charge < -0.3 is 5.11 Å². The van der Waals surface area contributed by atoms with Crippen molar-refractivity contribution in [3.05, 3.63) is 40.3 Å². The molecule has 0 amide bonds. The molecule has 1 N–H and O–H groups in total. The van der Waals surface area contributed by atoms with E-state index in [0.29, 0.717) is 6.42 Å². The second-order valence-corrected chi connectivity index (χ2v) is 2.84. The Bertz CT molecular complexity index is 312. The van der Waals surface area contributed by atoms with Crippen LogP contribution in [0.15, 0.2) is 29.2 Å². The van der Waals surface area contributed by atoms with Gasteiger partial charge >= 0.3 is 0 Å². The molecule has 1 heterocycles. The van der Waals surface area contributed by atoms with Crippen molar-refractivity contribution < 1.29 is 5.11 Å². The first kappa shape index (κ1) is 9.86. The number of hydrogen-bond donors (Lipinski definition) is 1. The summed E-state index contributed by atoms with van der Waals surface area (Å²) in [6, 6.07) is 5.33. The zero-order valence-corrected chi connectivity index (χ0v) is 7.44. The molecule has 1 aromatic rings. The van der Waals surface area contributed by atoms with E-state index >= 15 is 0 Å². The molecule has 3 nitrogen and oxygen atoms in total. The smallest absolute Gasteiger partial charge is 0.272 e. The summed E-state index contributed by atoms with van der Waals surface area (Å²) in [5.74, 6) is 0. The number of aryl methyl sites for hydroxylation is 1. The van der Waals surface area contributed by atoms with Crippen LogP contribution < -0.4 is 5.56 Å². The fourth-order valence-electron chi connectivity index (χ4n) is 1.10. The Hall–Kier alpha value is -1.22. The SMILES string of the molecule is O=c1nccccc1CCCCO. The molecule has 0 aliphatic rings. The quantitative estimate of drug-likeness (QED) is 0.694. The van der Waals surface area contributed by atoms with E-state index in [-0.39, 0.29) is 12.2 Å². The van der Waals surface area contributed by atoms with Gasteiger partial charge in [-0.3, -0.25) is 4.79 Å². The van der Waals surface area contributed by atoms with Gasteiger partial charge in [-0.1, -0.05) is 12.1 Å². The number of rotatable bonds is 4. The molecule has 3 heteroatoms. The Morgan fingerprint density at radius 3 is 2.92 bits per heavy atom. The summed E-state index contributed by atoms with van der Waals surface area (Å²) in [6.45, 7) is 0.181. The van der Waals surface area contributed by atoms with E-state index in [1.807, 2.05) is 6.07 Å². The number of aliphatic hydroxyl groups excluding tert-OH is 1. The fourth-order valence-corrected chi connectivity index (χ4v) is 1.10. The van der Waals surface area contributed by atoms with Crippen LogP contribution in [0, 0.1) is 0 Å². The number of aromatic nitrogens is 1. The Kier molecular flexibility index (Phi) is 4.12.